The summed E-state index contributed by atoms with van der Waals surface area (Å²) < 4.78 is 0. The summed E-state index contributed by atoms with van der Waals surface area (Å²) in [5.74, 6) is -2.05. The van der Waals surface area contributed by atoms with Gasteiger partial charge >= 0.3 is 19.5 Å². The Hall–Kier alpha value is -0.437. The molecule has 0 amide bonds. The van der Waals surface area contributed by atoms with Crippen LogP contribution in [0.2, 0.25) is 0 Å². The molecule has 0 aliphatic rings. The van der Waals surface area contributed by atoms with Crippen LogP contribution in [0.3, 0.4) is 0 Å². The van der Waals surface area contributed by atoms with E-state index in [-0.39, 0.29) is 31.3 Å². The van der Waals surface area contributed by atoms with Gasteiger partial charge in [-0.25, -0.2) is 0 Å². The first-order chi connectivity index (χ1) is 21.4. The van der Waals surface area contributed by atoms with E-state index >= 15 is 0 Å². The van der Waals surface area contributed by atoms with Gasteiger partial charge in [0.25, 0.3) is 0 Å². The number of hydrogen-bond donors (Lipinski definition) is 0. The molecule has 0 saturated heterocycles. The van der Waals surface area contributed by atoms with Gasteiger partial charge in [0.05, 0.1) is 0 Å². The van der Waals surface area contributed by atoms with Gasteiger partial charge in [-0.15, -0.1) is 0 Å². The Labute approximate surface area is 295 Å². The van der Waals surface area contributed by atoms with Gasteiger partial charge in [0.1, 0.15) is 0 Å². The minimum absolute atomic E-state index is 0. The minimum Gasteiger partial charge on any atom is -0.550 e. The Morgan fingerprint density at radius 3 is 0.644 bits per heavy atom. The monoisotopic (exact) mass is 687 g/mol. The number of carboxylic acids is 2. The van der Waals surface area contributed by atoms with Gasteiger partial charge in [0.15, 0.2) is 0 Å². The molecule has 4 nitrogen and oxygen atoms in total. The van der Waals surface area contributed by atoms with Crippen molar-refractivity contribution in [1.29, 1.82) is 0 Å². The molecular formula is C40H78O4Zn. The van der Waals surface area contributed by atoms with Crippen LogP contribution in [-0.2, 0) is 29.1 Å². The molecule has 0 aromatic rings. The topological polar surface area (TPSA) is 80.3 Å². The second kappa shape index (κ2) is 41.6. The molecule has 0 fully saturated rings. The fourth-order valence-electron chi connectivity index (χ4n) is 6.15. The zero-order valence-electron chi connectivity index (χ0n) is 31.1. The van der Waals surface area contributed by atoms with Crippen molar-refractivity contribution < 1.29 is 39.3 Å². The maximum Gasteiger partial charge on any atom is 2.00 e. The molecule has 0 aliphatic carbocycles. The van der Waals surface area contributed by atoms with Gasteiger partial charge in [0, 0.05) is 11.9 Å². The fraction of sp³-hybridized carbons (Fsp3) is 0.950. The van der Waals surface area contributed by atoms with Gasteiger partial charge in [-0.1, -0.05) is 207 Å². The first kappa shape index (κ1) is 49.0. The summed E-state index contributed by atoms with van der Waals surface area (Å²) in [6.07, 6.45) is 38.4. The van der Waals surface area contributed by atoms with Crippen LogP contribution in [0.5, 0.6) is 0 Å². The smallest absolute Gasteiger partial charge is 0.550 e. The number of aliphatic carboxylic acids is 2. The van der Waals surface area contributed by atoms with Gasteiger partial charge in [-0.05, 0) is 37.5 Å². The Balaban J connectivity index is -0.000000767. The molecule has 0 aliphatic heterocycles. The quantitative estimate of drug-likeness (QED) is 0.0498. The predicted octanol–water partition coefficient (Wildman–Crippen LogP) is 11.3. The number of unbranched alkanes of at least 4 members (excludes halogenated alkanes) is 24. The van der Waals surface area contributed by atoms with Gasteiger partial charge in [-0.3, -0.25) is 0 Å². The molecule has 0 N–H and O–H groups in total. The second-order valence-electron chi connectivity index (χ2n) is 13.7. The van der Waals surface area contributed by atoms with Crippen LogP contribution in [0.4, 0.5) is 0 Å². The van der Waals surface area contributed by atoms with E-state index in [2.05, 4.69) is 27.7 Å². The summed E-state index contributed by atoms with van der Waals surface area (Å²) in [7, 11) is 0. The van der Waals surface area contributed by atoms with E-state index in [1.165, 1.54) is 154 Å². The van der Waals surface area contributed by atoms with E-state index in [9.17, 15) is 19.8 Å². The van der Waals surface area contributed by atoms with Crippen molar-refractivity contribution in [2.45, 2.75) is 233 Å². The molecule has 0 bridgehead atoms. The second-order valence-corrected chi connectivity index (χ2v) is 13.7. The van der Waals surface area contributed by atoms with Crippen molar-refractivity contribution in [3.05, 3.63) is 0 Å². The van der Waals surface area contributed by atoms with Crippen molar-refractivity contribution >= 4 is 11.9 Å². The number of carboxylic acid groups (broad SMARTS) is 2. The number of carbonyl (C=O) groups excluding carboxylic acids is 2. The summed E-state index contributed by atoms with van der Waals surface area (Å²) in [4.78, 5) is 22.4. The molecule has 5 heteroatoms. The van der Waals surface area contributed by atoms with Crippen LogP contribution in [0.25, 0.3) is 0 Å². The van der Waals surface area contributed by atoms with Crippen molar-refractivity contribution in [1.82, 2.24) is 0 Å². The molecule has 0 heterocycles. The largest absolute Gasteiger partial charge is 2.00 e. The van der Waals surface area contributed by atoms with E-state index in [0.717, 1.165) is 51.4 Å². The van der Waals surface area contributed by atoms with Crippen LogP contribution >= 0.6 is 0 Å². The molecule has 264 valence electrons. The molecule has 2 unspecified atom stereocenters. The van der Waals surface area contributed by atoms with Crippen molar-refractivity contribution in [2.24, 2.45) is 11.8 Å². The molecular weight excluding hydrogens is 610 g/mol. The summed E-state index contributed by atoms with van der Waals surface area (Å²) in [5, 5.41) is 22.4. The van der Waals surface area contributed by atoms with Crippen molar-refractivity contribution in [3.8, 4) is 0 Å². The summed E-state index contributed by atoms with van der Waals surface area (Å²) in [5.41, 5.74) is 0. The Kier molecular flexibility index (Phi) is 45.2. The van der Waals surface area contributed by atoms with E-state index < -0.39 is 11.9 Å². The molecule has 0 radical (unpaired) electrons. The Morgan fingerprint density at radius 2 is 0.489 bits per heavy atom. The summed E-state index contributed by atoms with van der Waals surface area (Å²) >= 11 is 0. The minimum atomic E-state index is -0.823. The molecule has 45 heavy (non-hydrogen) atoms. The van der Waals surface area contributed by atoms with Gasteiger partial charge in [-0.2, -0.15) is 0 Å². The van der Waals surface area contributed by atoms with Gasteiger partial charge < -0.3 is 19.8 Å². The van der Waals surface area contributed by atoms with E-state index in [1.54, 1.807) is 0 Å². The summed E-state index contributed by atoms with van der Waals surface area (Å²) in [6, 6.07) is 0. The SMILES string of the molecule is CCCCCCCCCCC(CCCCCCCC)C(=O)[O-].CCCCCCCCCCC(CCCCCCCC)C(=O)[O-].[Zn+2]. The molecule has 0 rings (SSSR count). The van der Waals surface area contributed by atoms with Crippen LogP contribution in [0.15, 0.2) is 0 Å². The number of carbonyl (C=O) groups is 2. The van der Waals surface area contributed by atoms with E-state index in [0.29, 0.717) is 0 Å². The predicted molar refractivity (Wildman–Crippen MR) is 187 cm³/mol. The molecule has 0 spiro atoms. The Bertz CT molecular complexity index is 533. The first-order valence-corrected chi connectivity index (χ1v) is 19.9. The maximum absolute atomic E-state index is 11.2. The molecule has 0 saturated carbocycles. The molecule has 2 atom stereocenters. The van der Waals surface area contributed by atoms with Crippen LogP contribution in [0.1, 0.15) is 233 Å². The van der Waals surface area contributed by atoms with E-state index in [4.69, 9.17) is 0 Å². The first-order valence-electron chi connectivity index (χ1n) is 19.9. The third-order valence-corrected chi connectivity index (χ3v) is 9.29. The molecule has 0 aromatic carbocycles. The average Bonchev–Trinajstić information content (AvgIpc) is 3.01. The standard InChI is InChI=1S/2C20H40O2.Zn/c2*1-3-5-7-9-11-12-14-16-18-19(20(21)22)17-15-13-10-8-6-4-2;/h2*19H,3-18H2,1-2H3,(H,21,22);/q;;+2/p-2. The number of hydrogen-bond acceptors (Lipinski definition) is 4. The van der Waals surface area contributed by atoms with Crippen molar-refractivity contribution in [3.63, 3.8) is 0 Å². The zero-order valence-corrected chi connectivity index (χ0v) is 34.1. The van der Waals surface area contributed by atoms with Crippen LogP contribution in [0, 0.1) is 11.8 Å². The fourth-order valence-corrected chi connectivity index (χ4v) is 6.15. The maximum atomic E-state index is 11.2. The normalized spacial score (nSPS) is 12.2. The van der Waals surface area contributed by atoms with Crippen molar-refractivity contribution in [2.75, 3.05) is 0 Å². The van der Waals surface area contributed by atoms with Crippen LogP contribution in [-0.4, -0.2) is 11.9 Å². The van der Waals surface area contributed by atoms with Crippen LogP contribution < -0.4 is 10.2 Å². The average molecular weight is 688 g/mol. The zero-order chi connectivity index (χ0) is 32.9. The summed E-state index contributed by atoms with van der Waals surface area (Å²) in [6.45, 7) is 8.92. The third kappa shape index (κ3) is 39.7. The number of rotatable bonds is 34. The van der Waals surface area contributed by atoms with E-state index in [1.807, 2.05) is 0 Å². The third-order valence-electron chi connectivity index (χ3n) is 9.29. The van der Waals surface area contributed by atoms with Gasteiger partial charge in [0.2, 0.25) is 0 Å². The Morgan fingerprint density at radius 1 is 0.333 bits per heavy atom. The molecule has 0 aromatic heterocycles.